The summed E-state index contributed by atoms with van der Waals surface area (Å²) in [4.78, 5) is 0. The van der Waals surface area contributed by atoms with E-state index < -0.39 is 0 Å². The van der Waals surface area contributed by atoms with Gasteiger partial charge in [0.15, 0.2) is 0 Å². The third kappa shape index (κ3) is 2.79. The van der Waals surface area contributed by atoms with Crippen molar-refractivity contribution in [1.82, 2.24) is 15.0 Å². The van der Waals surface area contributed by atoms with Crippen molar-refractivity contribution in [1.29, 1.82) is 0 Å². The molecule has 0 fully saturated rings. The van der Waals surface area contributed by atoms with Gasteiger partial charge in [-0.3, -0.25) is 0 Å². The van der Waals surface area contributed by atoms with Gasteiger partial charge >= 0.3 is 0 Å². The Morgan fingerprint density at radius 2 is 2.00 bits per heavy atom. The molecule has 0 aliphatic rings. The minimum absolute atomic E-state index is 0.403. The number of benzene rings is 1. The van der Waals surface area contributed by atoms with Gasteiger partial charge in [-0.2, -0.15) is 0 Å². The second-order valence-electron chi connectivity index (χ2n) is 3.17. The molecule has 0 aliphatic heterocycles. The zero-order valence-corrected chi connectivity index (χ0v) is 10.2. The molecule has 0 radical (unpaired) electrons. The van der Waals surface area contributed by atoms with E-state index >= 15 is 0 Å². The molecule has 0 aliphatic carbocycles. The van der Waals surface area contributed by atoms with Gasteiger partial charge in [-0.15, -0.1) is 16.7 Å². The van der Waals surface area contributed by atoms with E-state index in [2.05, 4.69) is 26.2 Å². The Balaban J connectivity index is 2.11. The first-order valence-corrected chi connectivity index (χ1v) is 5.80. The molecule has 1 aromatic heterocycles. The van der Waals surface area contributed by atoms with Crippen molar-refractivity contribution in [3.05, 3.63) is 46.2 Å². The first-order valence-electron chi connectivity index (χ1n) is 4.47. The molecule has 3 nitrogen and oxygen atoms in total. The SMILES string of the molecule is ClCc1cn(Cc2ccc(Br)cc2)nn1. The summed E-state index contributed by atoms with van der Waals surface area (Å²) in [6.07, 6.45) is 1.86. The normalized spacial score (nSPS) is 10.5. The fourth-order valence-electron chi connectivity index (χ4n) is 1.25. The van der Waals surface area contributed by atoms with Crippen LogP contribution in [0.15, 0.2) is 34.9 Å². The molecule has 0 bridgehead atoms. The molecular weight excluding hydrogens is 277 g/mol. The van der Waals surface area contributed by atoms with Gasteiger partial charge in [0.05, 0.1) is 24.3 Å². The number of hydrogen-bond acceptors (Lipinski definition) is 2. The average molecular weight is 287 g/mol. The van der Waals surface area contributed by atoms with Gasteiger partial charge in [-0.05, 0) is 17.7 Å². The second kappa shape index (κ2) is 4.77. The molecule has 0 amide bonds. The van der Waals surface area contributed by atoms with E-state index in [4.69, 9.17) is 11.6 Å². The lowest BCUT2D eigenvalue weighted by Crippen LogP contribution is -1.99. The lowest BCUT2D eigenvalue weighted by Gasteiger charge is -2.00. The summed E-state index contributed by atoms with van der Waals surface area (Å²) < 4.78 is 2.85. The summed E-state index contributed by atoms with van der Waals surface area (Å²) in [5.74, 6) is 0.403. The summed E-state index contributed by atoms with van der Waals surface area (Å²) in [5, 5.41) is 7.90. The Hall–Kier alpha value is -0.870. The Bertz CT molecular complexity index is 438. The average Bonchev–Trinajstić information content (AvgIpc) is 2.69. The van der Waals surface area contributed by atoms with Crippen LogP contribution < -0.4 is 0 Å². The van der Waals surface area contributed by atoms with Gasteiger partial charge in [-0.1, -0.05) is 33.3 Å². The molecule has 0 N–H and O–H groups in total. The number of nitrogens with zero attached hydrogens (tertiary/aromatic N) is 3. The Morgan fingerprint density at radius 1 is 1.27 bits per heavy atom. The van der Waals surface area contributed by atoms with Crippen molar-refractivity contribution in [2.75, 3.05) is 0 Å². The molecule has 0 saturated carbocycles. The van der Waals surface area contributed by atoms with Crippen LogP contribution in [-0.2, 0) is 12.4 Å². The van der Waals surface area contributed by atoms with E-state index in [-0.39, 0.29) is 0 Å². The third-order valence-corrected chi connectivity index (χ3v) is 2.78. The van der Waals surface area contributed by atoms with Crippen LogP contribution in [0.4, 0.5) is 0 Å². The highest BCUT2D eigenvalue weighted by Crippen LogP contribution is 2.11. The van der Waals surface area contributed by atoms with E-state index in [0.29, 0.717) is 5.88 Å². The highest BCUT2D eigenvalue weighted by Gasteiger charge is 1.99. The Morgan fingerprint density at radius 3 is 2.60 bits per heavy atom. The summed E-state index contributed by atoms with van der Waals surface area (Å²) >= 11 is 9.04. The Labute approximate surface area is 101 Å². The summed E-state index contributed by atoms with van der Waals surface area (Å²) in [5.41, 5.74) is 1.98. The fraction of sp³-hybridized carbons (Fsp3) is 0.200. The minimum atomic E-state index is 0.403. The van der Waals surface area contributed by atoms with Crippen LogP contribution in [0.25, 0.3) is 0 Å². The predicted octanol–water partition coefficient (Wildman–Crippen LogP) is 2.83. The second-order valence-corrected chi connectivity index (χ2v) is 4.35. The minimum Gasteiger partial charge on any atom is -0.248 e. The molecule has 0 atom stereocenters. The molecular formula is C10H9BrClN3. The van der Waals surface area contributed by atoms with Crippen LogP contribution in [-0.4, -0.2) is 15.0 Å². The third-order valence-electron chi connectivity index (χ3n) is 1.98. The van der Waals surface area contributed by atoms with E-state index in [1.165, 1.54) is 5.56 Å². The highest BCUT2D eigenvalue weighted by molar-refractivity contribution is 9.10. The molecule has 2 rings (SSSR count). The van der Waals surface area contributed by atoms with Gasteiger partial charge in [0.2, 0.25) is 0 Å². The molecule has 2 aromatic rings. The maximum Gasteiger partial charge on any atom is 0.0974 e. The number of alkyl halides is 1. The quantitative estimate of drug-likeness (QED) is 0.812. The lowest BCUT2D eigenvalue weighted by molar-refractivity contribution is 0.649. The van der Waals surface area contributed by atoms with Crippen molar-refractivity contribution in [3.63, 3.8) is 0 Å². The summed E-state index contributed by atoms with van der Waals surface area (Å²) in [6.45, 7) is 0.719. The monoisotopic (exact) mass is 285 g/mol. The number of rotatable bonds is 3. The van der Waals surface area contributed by atoms with Crippen LogP contribution in [0.3, 0.4) is 0 Å². The maximum absolute atomic E-state index is 5.64. The van der Waals surface area contributed by atoms with Crippen molar-refractivity contribution in [2.45, 2.75) is 12.4 Å². The fourth-order valence-corrected chi connectivity index (χ4v) is 1.64. The van der Waals surface area contributed by atoms with E-state index in [1.54, 1.807) is 4.68 Å². The Kier molecular flexibility index (Phi) is 3.38. The number of halogens is 2. The molecule has 15 heavy (non-hydrogen) atoms. The van der Waals surface area contributed by atoms with Gasteiger partial charge in [-0.25, -0.2) is 4.68 Å². The molecule has 0 spiro atoms. The zero-order valence-electron chi connectivity index (χ0n) is 7.90. The van der Waals surface area contributed by atoms with E-state index in [9.17, 15) is 0 Å². The van der Waals surface area contributed by atoms with Gasteiger partial charge in [0.1, 0.15) is 0 Å². The van der Waals surface area contributed by atoms with Crippen molar-refractivity contribution in [3.8, 4) is 0 Å². The summed E-state index contributed by atoms with van der Waals surface area (Å²) in [6, 6.07) is 8.11. The first kappa shape index (κ1) is 10.6. The van der Waals surface area contributed by atoms with Crippen LogP contribution in [0.2, 0.25) is 0 Å². The van der Waals surface area contributed by atoms with Gasteiger partial charge < -0.3 is 0 Å². The topological polar surface area (TPSA) is 30.7 Å². The van der Waals surface area contributed by atoms with Crippen molar-refractivity contribution >= 4 is 27.5 Å². The van der Waals surface area contributed by atoms with Gasteiger partial charge in [0.25, 0.3) is 0 Å². The van der Waals surface area contributed by atoms with E-state index in [1.807, 2.05) is 30.5 Å². The van der Waals surface area contributed by atoms with Gasteiger partial charge in [0, 0.05) is 4.47 Å². The highest BCUT2D eigenvalue weighted by atomic mass is 79.9. The molecule has 5 heteroatoms. The first-order chi connectivity index (χ1) is 7.28. The number of aromatic nitrogens is 3. The predicted molar refractivity (Wildman–Crippen MR) is 62.8 cm³/mol. The standard InChI is InChI=1S/C10H9BrClN3/c11-9-3-1-8(2-4-9)6-15-7-10(5-12)13-14-15/h1-4,7H,5-6H2. The van der Waals surface area contributed by atoms with Crippen LogP contribution in [0, 0.1) is 0 Å². The molecule has 0 saturated heterocycles. The maximum atomic E-state index is 5.64. The molecule has 1 aromatic carbocycles. The molecule has 1 heterocycles. The number of hydrogen-bond donors (Lipinski definition) is 0. The van der Waals surface area contributed by atoms with Crippen molar-refractivity contribution < 1.29 is 0 Å². The van der Waals surface area contributed by atoms with Crippen LogP contribution in [0.5, 0.6) is 0 Å². The zero-order chi connectivity index (χ0) is 10.7. The molecule has 0 unspecified atom stereocenters. The lowest BCUT2D eigenvalue weighted by atomic mass is 10.2. The summed E-state index contributed by atoms with van der Waals surface area (Å²) in [7, 11) is 0. The van der Waals surface area contributed by atoms with E-state index in [0.717, 1.165) is 16.7 Å². The van der Waals surface area contributed by atoms with Crippen LogP contribution >= 0.6 is 27.5 Å². The smallest absolute Gasteiger partial charge is 0.0974 e. The van der Waals surface area contributed by atoms with Crippen molar-refractivity contribution in [2.24, 2.45) is 0 Å². The van der Waals surface area contributed by atoms with Crippen LogP contribution in [0.1, 0.15) is 11.3 Å². The molecule has 78 valence electrons. The largest absolute Gasteiger partial charge is 0.248 e.